The van der Waals surface area contributed by atoms with Gasteiger partial charge in [-0.2, -0.15) is 5.26 Å². The Hall–Kier alpha value is -2.73. The number of thiophene rings is 1. The maximum absolute atomic E-state index is 12.8. The summed E-state index contributed by atoms with van der Waals surface area (Å²) in [6.45, 7) is 6.26. The van der Waals surface area contributed by atoms with Gasteiger partial charge in [0.2, 0.25) is 5.91 Å². The minimum atomic E-state index is -0.180. The lowest BCUT2D eigenvalue weighted by Crippen LogP contribution is -2.43. The number of benzene rings is 1. The second-order valence-electron chi connectivity index (χ2n) is 8.64. The second kappa shape index (κ2) is 10.9. The number of piperidine rings is 1. The molecule has 0 spiro atoms. The molecule has 1 aromatic heterocycles. The molecule has 1 amide bonds. The number of hydrogen-bond acceptors (Lipinski definition) is 7. The summed E-state index contributed by atoms with van der Waals surface area (Å²) in [5.41, 5.74) is 2.95. The summed E-state index contributed by atoms with van der Waals surface area (Å²) in [4.78, 5) is 30.4. The average molecular weight is 467 g/mol. The van der Waals surface area contributed by atoms with Crippen molar-refractivity contribution in [1.82, 2.24) is 9.80 Å². The van der Waals surface area contributed by atoms with Crippen LogP contribution < -0.4 is 5.32 Å². The monoisotopic (exact) mass is 466 g/mol. The van der Waals surface area contributed by atoms with Crippen molar-refractivity contribution in [1.29, 1.82) is 5.26 Å². The number of carbonyl (C=O) groups is 2. The van der Waals surface area contributed by atoms with E-state index in [-0.39, 0.29) is 24.3 Å². The molecule has 33 heavy (non-hydrogen) atoms. The van der Waals surface area contributed by atoms with Gasteiger partial charge >= 0.3 is 5.97 Å². The average Bonchev–Trinajstić information content (AvgIpc) is 3.16. The third kappa shape index (κ3) is 5.80. The fourth-order valence-electron chi connectivity index (χ4n) is 4.66. The van der Waals surface area contributed by atoms with Crippen LogP contribution in [-0.2, 0) is 33.8 Å². The van der Waals surface area contributed by atoms with E-state index in [1.807, 2.05) is 11.0 Å². The highest BCUT2D eigenvalue weighted by Crippen LogP contribution is 2.37. The molecule has 2 aliphatic rings. The van der Waals surface area contributed by atoms with Crippen LogP contribution in [0.15, 0.2) is 30.3 Å². The number of amides is 1. The number of nitrogens with one attached hydrogen (secondary N) is 1. The summed E-state index contributed by atoms with van der Waals surface area (Å²) >= 11 is 1.51. The molecule has 0 saturated carbocycles. The Labute approximate surface area is 198 Å². The minimum Gasteiger partial charge on any atom is -0.466 e. The van der Waals surface area contributed by atoms with Gasteiger partial charge in [-0.15, -0.1) is 11.3 Å². The van der Waals surface area contributed by atoms with Crippen molar-refractivity contribution in [2.24, 2.45) is 5.92 Å². The molecular formula is C25H30N4O3S. The highest BCUT2D eigenvalue weighted by Gasteiger charge is 2.29. The van der Waals surface area contributed by atoms with Gasteiger partial charge in [0.05, 0.1) is 24.6 Å². The number of nitrogens with zero attached hydrogens (tertiary/aromatic N) is 3. The Bertz CT molecular complexity index is 1030. The van der Waals surface area contributed by atoms with Crippen LogP contribution in [-0.4, -0.2) is 54.5 Å². The van der Waals surface area contributed by atoms with Crippen LogP contribution >= 0.6 is 11.3 Å². The standard InChI is InChI=1S/C25H30N4O3S/c1-2-32-25(31)19-9-6-11-28(15-19)17-23(30)27-24-21(13-26)20-10-12-29(16-22(20)33-24)14-18-7-4-3-5-8-18/h3-5,7-8,19H,2,6,9-12,14-17H2,1H3,(H,27,30). The molecular weight excluding hydrogens is 436 g/mol. The molecule has 0 aliphatic carbocycles. The van der Waals surface area contributed by atoms with Crippen LogP contribution in [0.25, 0.3) is 0 Å². The first kappa shape index (κ1) is 23.4. The highest BCUT2D eigenvalue weighted by atomic mass is 32.1. The van der Waals surface area contributed by atoms with Crippen molar-refractivity contribution in [3.63, 3.8) is 0 Å². The summed E-state index contributed by atoms with van der Waals surface area (Å²) in [6.07, 6.45) is 2.47. The van der Waals surface area contributed by atoms with E-state index in [0.29, 0.717) is 23.7 Å². The van der Waals surface area contributed by atoms with Gasteiger partial charge in [-0.1, -0.05) is 30.3 Å². The Kier molecular flexibility index (Phi) is 7.76. The molecule has 3 heterocycles. The molecule has 2 aliphatic heterocycles. The zero-order valence-corrected chi connectivity index (χ0v) is 19.8. The van der Waals surface area contributed by atoms with Crippen molar-refractivity contribution < 1.29 is 14.3 Å². The number of carbonyl (C=O) groups excluding carboxylic acids is 2. The van der Waals surface area contributed by atoms with E-state index in [2.05, 4.69) is 40.6 Å². The van der Waals surface area contributed by atoms with Gasteiger partial charge in [0.15, 0.2) is 0 Å². The summed E-state index contributed by atoms with van der Waals surface area (Å²) in [5.74, 6) is -0.498. The second-order valence-corrected chi connectivity index (χ2v) is 9.75. The van der Waals surface area contributed by atoms with E-state index < -0.39 is 0 Å². The van der Waals surface area contributed by atoms with Crippen LogP contribution in [0, 0.1) is 17.2 Å². The largest absolute Gasteiger partial charge is 0.466 e. The Morgan fingerprint density at radius 1 is 1.24 bits per heavy atom. The summed E-state index contributed by atoms with van der Waals surface area (Å²) < 4.78 is 5.15. The predicted octanol–water partition coefficient (Wildman–Crippen LogP) is 3.39. The first-order chi connectivity index (χ1) is 16.1. The van der Waals surface area contributed by atoms with Crippen LogP contribution in [0.2, 0.25) is 0 Å². The van der Waals surface area contributed by atoms with Crippen molar-refractivity contribution >= 4 is 28.2 Å². The summed E-state index contributed by atoms with van der Waals surface area (Å²) in [5, 5.41) is 13.4. The van der Waals surface area contributed by atoms with Gasteiger partial charge in [0.25, 0.3) is 0 Å². The van der Waals surface area contributed by atoms with E-state index >= 15 is 0 Å². The van der Waals surface area contributed by atoms with Crippen LogP contribution in [0.5, 0.6) is 0 Å². The topological polar surface area (TPSA) is 85.7 Å². The fourth-order valence-corrected chi connectivity index (χ4v) is 5.92. The van der Waals surface area contributed by atoms with Crippen LogP contribution in [0.1, 0.15) is 41.3 Å². The molecule has 8 heteroatoms. The number of ether oxygens (including phenoxy) is 1. The molecule has 2 aromatic rings. The van der Waals surface area contributed by atoms with E-state index in [1.165, 1.54) is 16.9 Å². The lowest BCUT2D eigenvalue weighted by Gasteiger charge is -2.30. The number of nitriles is 1. The number of rotatable bonds is 7. The van der Waals surface area contributed by atoms with Crippen molar-refractivity contribution in [3.8, 4) is 6.07 Å². The Morgan fingerprint density at radius 2 is 2.06 bits per heavy atom. The molecule has 1 fully saturated rings. The molecule has 1 N–H and O–H groups in total. The molecule has 1 aromatic carbocycles. The SMILES string of the molecule is CCOC(=O)C1CCCN(CC(=O)Nc2sc3c(c2C#N)CCN(Cc2ccccc2)C3)C1. The number of esters is 1. The molecule has 1 saturated heterocycles. The molecule has 1 unspecified atom stereocenters. The van der Waals surface area contributed by atoms with Gasteiger partial charge in [-0.05, 0) is 43.9 Å². The summed E-state index contributed by atoms with van der Waals surface area (Å²) in [6, 6.07) is 12.7. The third-order valence-electron chi connectivity index (χ3n) is 6.24. The van der Waals surface area contributed by atoms with Gasteiger partial charge in [-0.3, -0.25) is 19.4 Å². The van der Waals surface area contributed by atoms with E-state index in [0.717, 1.165) is 55.9 Å². The van der Waals surface area contributed by atoms with E-state index in [4.69, 9.17) is 4.74 Å². The number of likely N-dealkylation sites (tertiary alicyclic amines) is 1. The van der Waals surface area contributed by atoms with Crippen molar-refractivity contribution in [3.05, 3.63) is 51.9 Å². The van der Waals surface area contributed by atoms with Gasteiger partial charge < -0.3 is 10.1 Å². The Morgan fingerprint density at radius 3 is 2.82 bits per heavy atom. The lowest BCUT2D eigenvalue weighted by molar-refractivity contribution is -0.150. The predicted molar refractivity (Wildman–Crippen MR) is 128 cm³/mol. The molecule has 1 atom stereocenters. The first-order valence-electron chi connectivity index (χ1n) is 11.6. The zero-order chi connectivity index (χ0) is 23.2. The van der Waals surface area contributed by atoms with Gasteiger partial charge in [0, 0.05) is 31.1 Å². The maximum atomic E-state index is 12.8. The quantitative estimate of drug-likeness (QED) is 0.630. The van der Waals surface area contributed by atoms with Crippen LogP contribution in [0.4, 0.5) is 5.00 Å². The van der Waals surface area contributed by atoms with E-state index in [9.17, 15) is 14.9 Å². The molecule has 0 bridgehead atoms. The molecule has 174 valence electrons. The molecule has 0 radical (unpaired) electrons. The van der Waals surface area contributed by atoms with Crippen molar-refractivity contribution in [2.75, 3.05) is 38.1 Å². The van der Waals surface area contributed by atoms with Gasteiger partial charge in [0.1, 0.15) is 11.1 Å². The smallest absolute Gasteiger partial charge is 0.310 e. The zero-order valence-electron chi connectivity index (χ0n) is 19.0. The molecule has 4 rings (SSSR count). The fraction of sp³-hybridized carbons (Fsp3) is 0.480. The van der Waals surface area contributed by atoms with Crippen LogP contribution in [0.3, 0.4) is 0 Å². The normalized spacial score (nSPS) is 18.8. The van der Waals surface area contributed by atoms with Crippen molar-refractivity contribution in [2.45, 2.75) is 39.3 Å². The number of anilines is 1. The van der Waals surface area contributed by atoms with Gasteiger partial charge in [-0.25, -0.2) is 0 Å². The number of hydrogen-bond donors (Lipinski definition) is 1. The number of fused-ring (bicyclic) bond motifs is 1. The maximum Gasteiger partial charge on any atom is 0.310 e. The summed E-state index contributed by atoms with van der Waals surface area (Å²) in [7, 11) is 0. The first-order valence-corrected chi connectivity index (χ1v) is 12.4. The highest BCUT2D eigenvalue weighted by molar-refractivity contribution is 7.16. The Balaban J connectivity index is 1.37. The van der Waals surface area contributed by atoms with E-state index in [1.54, 1.807) is 6.92 Å². The molecule has 7 nitrogen and oxygen atoms in total. The lowest BCUT2D eigenvalue weighted by atomic mass is 9.98. The minimum absolute atomic E-state index is 0.143. The third-order valence-corrected chi connectivity index (χ3v) is 7.37.